The second-order valence-corrected chi connectivity index (χ2v) is 10.5. The lowest BCUT2D eigenvalue weighted by Crippen LogP contribution is -2.51. The van der Waals surface area contributed by atoms with E-state index in [1.54, 1.807) is 16.8 Å². The predicted octanol–water partition coefficient (Wildman–Crippen LogP) is 3.14. The van der Waals surface area contributed by atoms with Crippen molar-refractivity contribution in [2.75, 3.05) is 25.6 Å². The molecule has 3 aliphatic rings. The van der Waals surface area contributed by atoms with E-state index in [1.165, 1.54) is 13.3 Å². The molecule has 11 nitrogen and oxygen atoms in total. The molecule has 0 spiro atoms. The summed E-state index contributed by atoms with van der Waals surface area (Å²) in [6.07, 6.45) is 8.93. The summed E-state index contributed by atoms with van der Waals surface area (Å²) in [5, 5.41) is 31.7. The van der Waals surface area contributed by atoms with Crippen molar-refractivity contribution in [1.82, 2.24) is 25.2 Å². The zero-order valence-electron chi connectivity index (χ0n) is 21.8. The van der Waals surface area contributed by atoms with Crippen molar-refractivity contribution in [3.8, 4) is 23.5 Å². The molecule has 0 atom stereocenters. The molecule has 0 aliphatic heterocycles. The smallest absolute Gasteiger partial charge is 0.306 e. The summed E-state index contributed by atoms with van der Waals surface area (Å²) in [5.41, 5.74) is 3.49. The Morgan fingerprint density at radius 2 is 1.87 bits per heavy atom. The number of carbonyl (C=O) groups is 2. The number of nitriles is 2. The minimum absolute atomic E-state index is 0.00859. The number of fused-ring (bicyclic) bond motifs is 4. The van der Waals surface area contributed by atoms with Crippen molar-refractivity contribution in [2.45, 2.75) is 50.5 Å². The van der Waals surface area contributed by atoms with Gasteiger partial charge in [-0.15, -0.1) is 0 Å². The molecule has 0 aromatic carbocycles. The third-order valence-electron chi connectivity index (χ3n) is 8.17. The van der Waals surface area contributed by atoms with Crippen LogP contribution in [0.5, 0.6) is 0 Å². The topological polar surface area (TPSA) is 157 Å². The lowest BCUT2D eigenvalue weighted by Gasteiger charge is -2.54. The zero-order valence-corrected chi connectivity index (χ0v) is 21.8. The molecule has 39 heavy (non-hydrogen) atoms. The van der Waals surface area contributed by atoms with Crippen LogP contribution >= 0.6 is 0 Å². The van der Waals surface area contributed by atoms with Gasteiger partial charge in [-0.1, -0.05) is 0 Å². The van der Waals surface area contributed by atoms with E-state index in [2.05, 4.69) is 32.1 Å². The third-order valence-corrected chi connectivity index (χ3v) is 8.17. The quantitative estimate of drug-likeness (QED) is 0.165. The summed E-state index contributed by atoms with van der Waals surface area (Å²) in [4.78, 5) is 29.8. The highest BCUT2D eigenvalue weighted by atomic mass is 16.5. The first-order chi connectivity index (χ1) is 18.9. The first kappa shape index (κ1) is 26.1. The Balaban J connectivity index is 1.45. The number of pyridine rings is 1. The number of methoxy groups -OCH3 is 1. The number of nitrogens with one attached hydrogen (secondary N) is 3. The minimum Gasteiger partial charge on any atom is -0.469 e. The first-order valence-electron chi connectivity index (χ1n) is 13.0. The molecule has 11 heteroatoms. The Labute approximate surface area is 226 Å². The Hall–Kier alpha value is -4.48. The van der Waals surface area contributed by atoms with Crippen molar-refractivity contribution in [3.63, 3.8) is 0 Å². The van der Waals surface area contributed by atoms with Crippen LogP contribution in [0, 0.1) is 28.1 Å². The van der Waals surface area contributed by atoms with E-state index in [-0.39, 0.29) is 36.0 Å². The lowest BCUT2D eigenvalue weighted by atomic mass is 9.56. The van der Waals surface area contributed by atoms with Gasteiger partial charge in [0.05, 0.1) is 72.7 Å². The van der Waals surface area contributed by atoms with Crippen molar-refractivity contribution in [3.05, 3.63) is 47.8 Å². The van der Waals surface area contributed by atoms with E-state index in [4.69, 9.17) is 10.00 Å². The van der Waals surface area contributed by atoms with E-state index in [1.807, 2.05) is 24.3 Å². The third kappa shape index (κ3) is 5.27. The fraction of sp³-hybridized carbons (Fsp3) is 0.429. The van der Waals surface area contributed by atoms with Crippen LogP contribution in [0.3, 0.4) is 0 Å². The molecule has 3 aromatic heterocycles. The fourth-order valence-electron chi connectivity index (χ4n) is 5.87. The van der Waals surface area contributed by atoms with Crippen molar-refractivity contribution in [1.29, 1.82) is 10.5 Å². The second kappa shape index (κ2) is 10.7. The molecule has 0 saturated heterocycles. The van der Waals surface area contributed by atoms with Gasteiger partial charge in [0, 0.05) is 11.7 Å². The summed E-state index contributed by atoms with van der Waals surface area (Å²) in [6, 6.07) is 11.5. The number of rotatable bonds is 9. The number of amides is 1. The Morgan fingerprint density at radius 1 is 1.10 bits per heavy atom. The maximum Gasteiger partial charge on any atom is 0.306 e. The second-order valence-electron chi connectivity index (χ2n) is 10.5. The monoisotopic (exact) mass is 526 g/mol. The minimum atomic E-state index is -0.304. The molecular weight excluding hydrogens is 496 g/mol. The van der Waals surface area contributed by atoms with Gasteiger partial charge in [-0.3, -0.25) is 19.9 Å². The standard InChI is InChI=1S/C28H30N8O3/c1-39-25(37)14-27-4-7-28(8-5-27,9-6-27)35-22-13-23(32-17-21(22)26(38)33-18-31-11-10-29)24-3-2-20-12-19(15-30)16-34-36(20)24/h2-3,12-13,16-17,31H,4-9,11,14,18H2,1H3,(H,32,35)(H,33,38). The molecule has 1 amide bonds. The van der Waals surface area contributed by atoms with Gasteiger partial charge in [0.15, 0.2) is 0 Å². The van der Waals surface area contributed by atoms with Crippen LogP contribution in [0.1, 0.15) is 60.9 Å². The summed E-state index contributed by atoms with van der Waals surface area (Å²) < 4.78 is 6.67. The summed E-state index contributed by atoms with van der Waals surface area (Å²) in [7, 11) is 1.44. The van der Waals surface area contributed by atoms with Gasteiger partial charge in [0.1, 0.15) is 6.07 Å². The average molecular weight is 527 g/mol. The number of carbonyl (C=O) groups excluding carboxylic acids is 2. The molecule has 6 rings (SSSR count). The van der Waals surface area contributed by atoms with E-state index in [0.717, 1.165) is 49.7 Å². The molecular formula is C28H30N8O3. The van der Waals surface area contributed by atoms with Crippen LogP contribution < -0.4 is 16.0 Å². The van der Waals surface area contributed by atoms with E-state index in [9.17, 15) is 14.9 Å². The molecule has 3 fully saturated rings. The molecule has 3 heterocycles. The maximum absolute atomic E-state index is 13.1. The Morgan fingerprint density at radius 3 is 2.56 bits per heavy atom. The Kier molecular flexibility index (Phi) is 7.18. The first-order valence-corrected chi connectivity index (χ1v) is 13.0. The Bertz CT molecular complexity index is 1470. The largest absolute Gasteiger partial charge is 0.469 e. The molecule has 3 saturated carbocycles. The van der Waals surface area contributed by atoms with Gasteiger partial charge in [0.25, 0.3) is 5.91 Å². The average Bonchev–Trinajstić information content (AvgIpc) is 3.39. The number of aromatic nitrogens is 3. The number of hydrogen-bond donors (Lipinski definition) is 3. The summed E-state index contributed by atoms with van der Waals surface area (Å²) in [5.74, 6) is -0.461. The lowest BCUT2D eigenvalue weighted by molar-refractivity contribution is -0.145. The van der Waals surface area contributed by atoms with Gasteiger partial charge in [-0.05, 0) is 68.2 Å². The molecule has 2 bridgehead atoms. The fourth-order valence-corrected chi connectivity index (χ4v) is 5.87. The van der Waals surface area contributed by atoms with Gasteiger partial charge in [0.2, 0.25) is 0 Å². The summed E-state index contributed by atoms with van der Waals surface area (Å²) in [6.45, 7) is 0.282. The normalized spacial score (nSPS) is 21.6. The summed E-state index contributed by atoms with van der Waals surface area (Å²) >= 11 is 0. The van der Waals surface area contributed by atoms with Crippen molar-refractivity contribution >= 4 is 23.1 Å². The van der Waals surface area contributed by atoms with Crippen LogP contribution in [-0.2, 0) is 9.53 Å². The van der Waals surface area contributed by atoms with E-state index >= 15 is 0 Å². The van der Waals surface area contributed by atoms with Gasteiger partial charge in [-0.2, -0.15) is 15.6 Å². The van der Waals surface area contributed by atoms with E-state index < -0.39 is 0 Å². The predicted molar refractivity (Wildman–Crippen MR) is 142 cm³/mol. The zero-order chi connectivity index (χ0) is 27.5. The van der Waals surface area contributed by atoms with Crippen molar-refractivity contribution < 1.29 is 14.3 Å². The molecule has 3 aromatic rings. The van der Waals surface area contributed by atoms with Crippen LogP contribution in [0.4, 0.5) is 5.69 Å². The highest BCUT2D eigenvalue weighted by molar-refractivity contribution is 6.00. The molecule has 0 unspecified atom stereocenters. The van der Waals surface area contributed by atoms with Crippen LogP contribution in [0.15, 0.2) is 36.7 Å². The van der Waals surface area contributed by atoms with E-state index in [0.29, 0.717) is 28.9 Å². The highest BCUT2D eigenvalue weighted by Crippen LogP contribution is 2.55. The van der Waals surface area contributed by atoms with Gasteiger partial charge < -0.3 is 15.4 Å². The van der Waals surface area contributed by atoms with Crippen molar-refractivity contribution in [2.24, 2.45) is 5.41 Å². The molecule has 3 N–H and O–H groups in total. The van der Waals surface area contributed by atoms with Gasteiger partial charge >= 0.3 is 5.97 Å². The number of ether oxygens (including phenoxy) is 1. The van der Waals surface area contributed by atoms with Gasteiger partial charge in [-0.25, -0.2) is 4.52 Å². The maximum atomic E-state index is 13.1. The number of nitrogens with zero attached hydrogens (tertiary/aromatic N) is 5. The van der Waals surface area contributed by atoms with Crippen LogP contribution in [-0.4, -0.2) is 52.3 Å². The van der Waals surface area contributed by atoms with Crippen LogP contribution in [0.25, 0.3) is 16.9 Å². The molecule has 0 radical (unpaired) electrons. The highest BCUT2D eigenvalue weighted by Gasteiger charge is 2.49. The molecule has 3 aliphatic carbocycles. The van der Waals surface area contributed by atoms with Crippen LogP contribution in [0.2, 0.25) is 0 Å². The SMILES string of the molecule is COC(=O)CC12CCC(Nc3cc(-c4ccc5cc(C#N)cnn45)ncc3C(=O)NCNCC#N)(CC1)CC2. The number of esters is 1. The molecule has 200 valence electrons. The number of hydrogen-bond acceptors (Lipinski definition) is 9. The number of anilines is 1.